The lowest BCUT2D eigenvalue weighted by Gasteiger charge is -2.42. The lowest BCUT2D eigenvalue weighted by molar-refractivity contribution is -0.0402. The number of rotatable bonds is 1. The van der Waals surface area contributed by atoms with Crippen molar-refractivity contribution in [2.24, 2.45) is 5.92 Å². The number of likely N-dealkylation sites (tertiary alicyclic amines) is 1. The lowest BCUT2D eigenvalue weighted by atomic mass is 9.80. The largest absolute Gasteiger partial charge is 0.375 e. The molecular weight excluding hydrogens is 176 g/mol. The minimum absolute atomic E-state index is 0.0444. The van der Waals surface area contributed by atoms with E-state index >= 15 is 0 Å². The highest BCUT2D eigenvalue weighted by atomic mass is 16.3. The van der Waals surface area contributed by atoms with Crippen molar-refractivity contribution in [1.82, 2.24) is 4.90 Å². The fourth-order valence-electron chi connectivity index (χ4n) is 1.96. The summed E-state index contributed by atoms with van der Waals surface area (Å²) in [7, 11) is 0. The molecule has 3 atom stereocenters. The first-order chi connectivity index (χ1) is 6.53. The Morgan fingerprint density at radius 3 is 2.79 bits per heavy atom. The zero-order valence-corrected chi connectivity index (χ0v) is 8.70. The summed E-state index contributed by atoms with van der Waals surface area (Å²) in [6.07, 6.45) is 5.73. The molecule has 1 aliphatic heterocycles. The molecule has 1 saturated heterocycles. The van der Waals surface area contributed by atoms with Crippen LogP contribution in [0.1, 0.15) is 20.3 Å². The fourth-order valence-corrected chi connectivity index (χ4v) is 1.96. The van der Waals surface area contributed by atoms with Crippen LogP contribution in [-0.4, -0.2) is 34.7 Å². The fraction of sp³-hybridized carbons (Fsp3) is 0.727. The van der Waals surface area contributed by atoms with Gasteiger partial charge in [0.05, 0.1) is 12.6 Å². The Morgan fingerprint density at radius 2 is 2.29 bits per heavy atom. The van der Waals surface area contributed by atoms with Gasteiger partial charge in [-0.1, -0.05) is 12.8 Å². The molecule has 3 nitrogen and oxygen atoms in total. The van der Waals surface area contributed by atoms with Gasteiger partial charge in [-0.25, -0.2) is 0 Å². The third-order valence-corrected chi connectivity index (χ3v) is 3.04. The SMILES string of the molecule is C#CCN1C[C@H](C)[C@@](O)(C#N)C[C@H]1C. The predicted molar refractivity (Wildman–Crippen MR) is 54.2 cm³/mol. The Kier molecular flexibility index (Phi) is 3.16. The van der Waals surface area contributed by atoms with Gasteiger partial charge < -0.3 is 5.11 Å². The second-order valence-electron chi connectivity index (χ2n) is 4.12. The third-order valence-electron chi connectivity index (χ3n) is 3.04. The van der Waals surface area contributed by atoms with E-state index in [9.17, 15) is 5.11 Å². The summed E-state index contributed by atoms with van der Waals surface area (Å²) in [5.74, 6) is 2.55. The molecule has 1 rings (SSSR count). The van der Waals surface area contributed by atoms with E-state index in [1.165, 1.54) is 0 Å². The maximum atomic E-state index is 9.97. The highest BCUT2D eigenvalue weighted by molar-refractivity contribution is 5.09. The zero-order valence-electron chi connectivity index (χ0n) is 8.70. The molecule has 0 aromatic heterocycles. The Morgan fingerprint density at radius 1 is 1.64 bits per heavy atom. The van der Waals surface area contributed by atoms with E-state index in [1.807, 2.05) is 19.9 Å². The summed E-state index contributed by atoms with van der Waals surface area (Å²) in [5.41, 5.74) is -1.18. The van der Waals surface area contributed by atoms with E-state index in [1.54, 1.807) is 0 Å². The van der Waals surface area contributed by atoms with Gasteiger partial charge in [0.2, 0.25) is 0 Å². The van der Waals surface area contributed by atoms with Crippen LogP contribution in [0.5, 0.6) is 0 Å². The molecule has 0 aromatic rings. The molecule has 76 valence electrons. The van der Waals surface area contributed by atoms with Crippen molar-refractivity contribution in [3.05, 3.63) is 0 Å². The molecule has 14 heavy (non-hydrogen) atoms. The Balaban J connectivity index is 2.74. The van der Waals surface area contributed by atoms with Crippen molar-refractivity contribution in [1.29, 1.82) is 5.26 Å². The van der Waals surface area contributed by atoms with Crippen molar-refractivity contribution in [2.45, 2.75) is 31.9 Å². The van der Waals surface area contributed by atoms with E-state index in [0.717, 1.165) is 0 Å². The summed E-state index contributed by atoms with van der Waals surface area (Å²) in [4.78, 5) is 2.12. The molecule has 0 saturated carbocycles. The molecule has 3 heteroatoms. The Labute approximate surface area is 85.3 Å². The highest BCUT2D eigenvalue weighted by Gasteiger charge is 2.42. The quantitative estimate of drug-likeness (QED) is 0.489. The van der Waals surface area contributed by atoms with Crippen LogP contribution in [0.4, 0.5) is 0 Å². The smallest absolute Gasteiger partial charge is 0.156 e. The molecule has 0 spiro atoms. The van der Waals surface area contributed by atoms with Crippen LogP contribution < -0.4 is 0 Å². The third kappa shape index (κ3) is 1.90. The molecule has 0 bridgehead atoms. The first-order valence-electron chi connectivity index (χ1n) is 4.84. The van der Waals surface area contributed by atoms with Gasteiger partial charge in [-0.05, 0) is 6.92 Å². The Hall–Kier alpha value is -1.03. The predicted octanol–water partition coefficient (Wildman–Crippen LogP) is 0.605. The average Bonchev–Trinajstić information content (AvgIpc) is 2.15. The van der Waals surface area contributed by atoms with Gasteiger partial charge in [0, 0.05) is 24.9 Å². The van der Waals surface area contributed by atoms with Crippen molar-refractivity contribution in [2.75, 3.05) is 13.1 Å². The first-order valence-corrected chi connectivity index (χ1v) is 4.84. The summed E-state index contributed by atoms with van der Waals surface area (Å²) in [6, 6.07) is 2.17. The normalized spacial score (nSPS) is 38.6. The molecule has 0 aromatic carbocycles. The molecule has 0 aliphatic carbocycles. The molecule has 0 unspecified atom stereocenters. The highest BCUT2D eigenvalue weighted by Crippen LogP contribution is 2.30. The van der Waals surface area contributed by atoms with Crippen LogP contribution in [0, 0.1) is 29.6 Å². The summed E-state index contributed by atoms with van der Waals surface area (Å²) >= 11 is 0. The van der Waals surface area contributed by atoms with Gasteiger partial charge in [-0.15, -0.1) is 6.42 Å². The van der Waals surface area contributed by atoms with Crippen molar-refractivity contribution < 1.29 is 5.11 Å². The van der Waals surface area contributed by atoms with Crippen LogP contribution >= 0.6 is 0 Å². The standard InChI is InChI=1S/C11H16N2O/c1-4-5-13-7-9(2)11(14,8-12)6-10(13)3/h1,9-10,14H,5-7H2,2-3H3/t9-,10+,11-/m0/s1. The molecule has 1 fully saturated rings. The zero-order chi connectivity index (χ0) is 10.8. The van der Waals surface area contributed by atoms with Gasteiger partial charge in [-0.3, -0.25) is 4.90 Å². The van der Waals surface area contributed by atoms with Crippen molar-refractivity contribution >= 4 is 0 Å². The molecule has 1 heterocycles. The second kappa shape index (κ2) is 4.00. The van der Waals surface area contributed by atoms with E-state index < -0.39 is 5.60 Å². The average molecular weight is 192 g/mol. The first kappa shape index (κ1) is 11.0. The van der Waals surface area contributed by atoms with Crippen LogP contribution in [-0.2, 0) is 0 Å². The minimum Gasteiger partial charge on any atom is -0.375 e. The number of terminal acetylenes is 1. The van der Waals surface area contributed by atoms with E-state index in [0.29, 0.717) is 19.5 Å². The summed E-state index contributed by atoms with van der Waals surface area (Å²) < 4.78 is 0. The van der Waals surface area contributed by atoms with E-state index in [4.69, 9.17) is 11.7 Å². The number of piperidine rings is 1. The summed E-state index contributed by atoms with van der Waals surface area (Å²) in [5, 5.41) is 18.9. The molecule has 0 amide bonds. The number of aliphatic hydroxyl groups is 1. The van der Waals surface area contributed by atoms with Crippen LogP contribution in [0.2, 0.25) is 0 Å². The van der Waals surface area contributed by atoms with Crippen LogP contribution in [0.15, 0.2) is 0 Å². The van der Waals surface area contributed by atoms with Gasteiger partial charge >= 0.3 is 0 Å². The van der Waals surface area contributed by atoms with Crippen LogP contribution in [0.3, 0.4) is 0 Å². The van der Waals surface area contributed by atoms with Gasteiger partial charge in [-0.2, -0.15) is 5.26 Å². The molecule has 1 aliphatic rings. The van der Waals surface area contributed by atoms with Gasteiger partial charge in [0.1, 0.15) is 0 Å². The Bertz CT molecular complexity index is 289. The molecule has 0 radical (unpaired) electrons. The van der Waals surface area contributed by atoms with Gasteiger partial charge in [0.25, 0.3) is 0 Å². The summed E-state index contributed by atoms with van der Waals surface area (Å²) in [6.45, 7) is 5.16. The van der Waals surface area contributed by atoms with E-state index in [-0.39, 0.29) is 12.0 Å². The van der Waals surface area contributed by atoms with Gasteiger partial charge in [0.15, 0.2) is 5.60 Å². The van der Waals surface area contributed by atoms with Crippen molar-refractivity contribution in [3.63, 3.8) is 0 Å². The van der Waals surface area contributed by atoms with Crippen LogP contribution in [0.25, 0.3) is 0 Å². The number of hydrogen-bond acceptors (Lipinski definition) is 3. The second-order valence-corrected chi connectivity index (χ2v) is 4.12. The number of hydrogen-bond donors (Lipinski definition) is 1. The van der Waals surface area contributed by atoms with Crippen molar-refractivity contribution in [3.8, 4) is 18.4 Å². The number of nitrogens with zero attached hydrogens (tertiary/aromatic N) is 2. The van der Waals surface area contributed by atoms with E-state index in [2.05, 4.69) is 10.8 Å². The maximum Gasteiger partial charge on any atom is 0.156 e. The topological polar surface area (TPSA) is 47.3 Å². The molecular formula is C11H16N2O. The monoisotopic (exact) mass is 192 g/mol. The number of nitriles is 1. The minimum atomic E-state index is -1.18. The maximum absolute atomic E-state index is 9.97. The molecule has 1 N–H and O–H groups in total. The lowest BCUT2D eigenvalue weighted by Crippen LogP contribution is -2.54.